The quantitative estimate of drug-likeness (QED) is 0.739. The van der Waals surface area contributed by atoms with Crippen molar-refractivity contribution >= 4 is 42.6 Å². The van der Waals surface area contributed by atoms with Gasteiger partial charge in [-0.15, -0.1) is 0 Å². The summed E-state index contributed by atoms with van der Waals surface area (Å²) >= 11 is 7.05. The van der Waals surface area contributed by atoms with Crippen LogP contribution in [-0.2, 0) is 11.2 Å². The van der Waals surface area contributed by atoms with Crippen LogP contribution in [0.4, 0.5) is 0 Å². The van der Waals surface area contributed by atoms with Gasteiger partial charge in [-0.3, -0.25) is 0 Å². The van der Waals surface area contributed by atoms with Gasteiger partial charge in [0.15, 0.2) is 0 Å². The minimum absolute atomic E-state index is 0.766. The van der Waals surface area contributed by atoms with Gasteiger partial charge < -0.3 is 10.2 Å². The molecule has 2 aromatic carbocycles. The Morgan fingerprint density at radius 2 is 1.17 bits per heavy atom. The van der Waals surface area contributed by atoms with Crippen LogP contribution in [0.2, 0.25) is 0 Å². The van der Waals surface area contributed by atoms with Crippen molar-refractivity contribution in [3.63, 3.8) is 0 Å². The van der Waals surface area contributed by atoms with Crippen molar-refractivity contribution in [2.45, 2.75) is 25.0 Å². The van der Waals surface area contributed by atoms with Crippen LogP contribution >= 0.6 is 31.9 Å². The second-order valence-electron chi connectivity index (χ2n) is 5.08. The average molecular weight is 372 g/mol. The van der Waals surface area contributed by atoms with Gasteiger partial charge in [0.25, 0.3) is 0 Å². The van der Waals surface area contributed by atoms with Gasteiger partial charge in [-0.1, -0.05) is 44.0 Å². The van der Waals surface area contributed by atoms with Gasteiger partial charge in [0.2, 0.25) is 0 Å². The van der Waals surface area contributed by atoms with E-state index in [-0.39, 0.29) is 0 Å². The van der Waals surface area contributed by atoms with E-state index in [1.807, 2.05) is 24.3 Å². The summed E-state index contributed by atoms with van der Waals surface area (Å²) in [5, 5.41) is 23.2. The first kappa shape index (κ1) is 12.6. The number of rotatable bonds is 0. The van der Waals surface area contributed by atoms with E-state index in [0.717, 1.165) is 30.8 Å². The second kappa shape index (κ2) is 3.57. The molecule has 0 amide bonds. The summed E-state index contributed by atoms with van der Waals surface area (Å²) in [6.07, 6.45) is 0. The lowest BCUT2D eigenvalue weighted by Gasteiger charge is -2.33. The SMILES string of the molecule is CC1(O)c2ccc(Br)c3c(Br)ccc(c23)C1(C)O. The minimum atomic E-state index is -1.28. The predicted molar refractivity (Wildman–Crippen MR) is 78.5 cm³/mol. The van der Waals surface area contributed by atoms with Crippen molar-refractivity contribution in [1.29, 1.82) is 0 Å². The zero-order valence-electron chi connectivity index (χ0n) is 9.96. The topological polar surface area (TPSA) is 40.5 Å². The van der Waals surface area contributed by atoms with Gasteiger partial charge in [-0.05, 0) is 42.5 Å². The highest BCUT2D eigenvalue weighted by atomic mass is 79.9. The third kappa shape index (κ3) is 1.29. The number of hydrogen-bond acceptors (Lipinski definition) is 2. The summed E-state index contributed by atoms with van der Waals surface area (Å²) < 4.78 is 1.90. The van der Waals surface area contributed by atoms with E-state index in [0.29, 0.717) is 0 Å². The summed E-state index contributed by atoms with van der Waals surface area (Å²) in [5.74, 6) is 0. The highest BCUT2D eigenvalue weighted by Gasteiger charge is 2.51. The Hall–Kier alpha value is -0.420. The Morgan fingerprint density at radius 1 is 0.778 bits per heavy atom. The molecule has 3 rings (SSSR count). The molecule has 0 saturated carbocycles. The van der Waals surface area contributed by atoms with Gasteiger partial charge in [0, 0.05) is 14.3 Å². The molecule has 0 spiro atoms. The Bertz CT molecular complexity index is 620. The van der Waals surface area contributed by atoms with Crippen molar-refractivity contribution in [3.05, 3.63) is 44.3 Å². The molecule has 94 valence electrons. The van der Waals surface area contributed by atoms with Crippen molar-refractivity contribution in [3.8, 4) is 0 Å². The van der Waals surface area contributed by atoms with Gasteiger partial charge in [-0.25, -0.2) is 0 Å². The molecule has 0 saturated heterocycles. The molecule has 0 bridgehead atoms. The normalized spacial score (nSPS) is 30.1. The monoisotopic (exact) mass is 370 g/mol. The molecule has 0 heterocycles. The first-order chi connectivity index (χ1) is 8.28. The molecule has 0 aliphatic heterocycles. The first-order valence-corrected chi connectivity index (χ1v) is 7.23. The van der Waals surface area contributed by atoms with Crippen LogP contribution in [0.15, 0.2) is 33.2 Å². The molecule has 2 nitrogen and oxygen atoms in total. The fraction of sp³-hybridized carbons (Fsp3) is 0.286. The van der Waals surface area contributed by atoms with E-state index in [9.17, 15) is 10.2 Å². The standard InChI is InChI=1S/C14H12Br2O2/c1-13(17)7-3-5-9(15)12-10(16)6-4-8(11(7)12)14(13,2)18/h3-6,17-18H,1-2H3. The highest BCUT2D eigenvalue weighted by Crippen LogP contribution is 2.53. The number of aliphatic hydroxyl groups is 2. The maximum atomic E-state index is 10.7. The van der Waals surface area contributed by atoms with Gasteiger partial charge in [0.1, 0.15) is 11.2 Å². The lowest BCUT2D eigenvalue weighted by atomic mass is 9.84. The Kier molecular flexibility index (Phi) is 2.50. The molecule has 1 aliphatic carbocycles. The molecular weight excluding hydrogens is 360 g/mol. The first-order valence-electron chi connectivity index (χ1n) is 5.65. The summed E-state index contributed by atoms with van der Waals surface area (Å²) in [6.45, 7) is 3.31. The van der Waals surface area contributed by atoms with Crippen molar-refractivity contribution in [2.75, 3.05) is 0 Å². The molecule has 18 heavy (non-hydrogen) atoms. The molecular formula is C14H12Br2O2. The smallest absolute Gasteiger partial charge is 0.120 e. The van der Waals surface area contributed by atoms with Crippen LogP contribution in [0.5, 0.6) is 0 Å². The molecule has 0 radical (unpaired) electrons. The van der Waals surface area contributed by atoms with Crippen LogP contribution in [-0.4, -0.2) is 10.2 Å². The Morgan fingerprint density at radius 3 is 1.56 bits per heavy atom. The van der Waals surface area contributed by atoms with E-state index >= 15 is 0 Å². The molecule has 2 N–H and O–H groups in total. The molecule has 2 atom stereocenters. The molecule has 2 aromatic rings. The molecule has 4 heteroatoms. The third-order valence-corrected chi connectivity index (χ3v) is 5.38. The maximum absolute atomic E-state index is 10.7. The second-order valence-corrected chi connectivity index (χ2v) is 6.79. The molecule has 0 aromatic heterocycles. The summed E-state index contributed by atoms with van der Waals surface area (Å²) in [5.41, 5.74) is -1.03. The van der Waals surface area contributed by atoms with Crippen LogP contribution in [0.3, 0.4) is 0 Å². The zero-order valence-corrected chi connectivity index (χ0v) is 13.1. The van der Waals surface area contributed by atoms with Crippen LogP contribution in [0, 0.1) is 0 Å². The lowest BCUT2D eigenvalue weighted by molar-refractivity contribution is -0.135. The largest absolute Gasteiger partial charge is 0.382 e. The Balaban J connectivity index is 2.59. The highest BCUT2D eigenvalue weighted by molar-refractivity contribution is 9.11. The fourth-order valence-electron chi connectivity index (χ4n) is 2.75. The number of halogens is 2. The van der Waals surface area contributed by atoms with Crippen molar-refractivity contribution in [2.24, 2.45) is 0 Å². The maximum Gasteiger partial charge on any atom is 0.120 e. The van der Waals surface area contributed by atoms with Crippen molar-refractivity contribution < 1.29 is 10.2 Å². The molecule has 0 fully saturated rings. The summed E-state index contributed by atoms with van der Waals surface area (Å²) in [4.78, 5) is 0. The average Bonchev–Trinajstić information content (AvgIpc) is 2.42. The van der Waals surface area contributed by atoms with Crippen LogP contribution < -0.4 is 0 Å². The summed E-state index contributed by atoms with van der Waals surface area (Å²) in [6, 6.07) is 7.54. The van der Waals surface area contributed by atoms with Crippen LogP contribution in [0.1, 0.15) is 25.0 Å². The van der Waals surface area contributed by atoms with E-state index < -0.39 is 11.2 Å². The van der Waals surface area contributed by atoms with Gasteiger partial charge in [0.05, 0.1) is 0 Å². The minimum Gasteiger partial charge on any atom is -0.382 e. The van der Waals surface area contributed by atoms with E-state index in [4.69, 9.17) is 0 Å². The van der Waals surface area contributed by atoms with Gasteiger partial charge in [-0.2, -0.15) is 0 Å². The van der Waals surface area contributed by atoms with E-state index in [1.165, 1.54) is 0 Å². The third-order valence-electron chi connectivity index (χ3n) is 4.06. The van der Waals surface area contributed by atoms with Gasteiger partial charge >= 0.3 is 0 Å². The number of benzene rings is 2. The number of hydrogen-bond donors (Lipinski definition) is 2. The molecule has 2 unspecified atom stereocenters. The summed E-state index contributed by atoms with van der Waals surface area (Å²) in [7, 11) is 0. The van der Waals surface area contributed by atoms with E-state index in [1.54, 1.807) is 13.8 Å². The van der Waals surface area contributed by atoms with Crippen molar-refractivity contribution in [1.82, 2.24) is 0 Å². The fourth-order valence-corrected chi connectivity index (χ4v) is 4.10. The lowest BCUT2D eigenvalue weighted by Crippen LogP contribution is -2.40. The van der Waals surface area contributed by atoms with E-state index in [2.05, 4.69) is 31.9 Å². The Labute approximate surface area is 122 Å². The predicted octanol–water partition coefficient (Wildman–Crippen LogP) is 3.79. The molecule has 1 aliphatic rings. The van der Waals surface area contributed by atoms with Crippen LogP contribution in [0.25, 0.3) is 10.8 Å². The zero-order chi connectivity index (χ0) is 13.3.